The molecule has 3 N–H and O–H groups in total. The summed E-state index contributed by atoms with van der Waals surface area (Å²) in [7, 11) is 0. The van der Waals surface area contributed by atoms with E-state index in [1.807, 2.05) is 0 Å². The lowest BCUT2D eigenvalue weighted by Crippen LogP contribution is -2.43. The predicted octanol–water partition coefficient (Wildman–Crippen LogP) is 0.487. The molecule has 0 aliphatic carbocycles. The number of ether oxygens (including phenoxy) is 3. The minimum atomic E-state index is -1.27. The quantitative estimate of drug-likeness (QED) is 0.242. The first-order valence-electron chi connectivity index (χ1n) is 8.94. The summed E-state index contributed by atoms with van der Waals surface area (Å²) in [5.74, 6) is 0. The van der Waals surface area contributed by atoms with Crippen molar-refractivity contribution in [3.63, 3.8) is 0 Å². The molecular weight excluding hydrogens is 329 g/mol. The van der Waals surface area contributed by atoms with Gasteiger partial charge in [-0.15, -0.1) is 0 Å². The highest BCUT2D eigenvalue weighted by molar-refractivity contribution is 5.45. The SMILES string of the molecule is CC(C)NCCOCCNCCOCCOC(C)(C)C(F)CNC=O. The highest BCUT2D eigenvalue weighted by Gasteiger charge is 2.30. The third kappa shape index (κ3) is 15.2. The predicted molar refractivity (Wildman–Crippen MR) is 96.6 cm³/mol. The lowest BCUT2D eigenvalue weighted by Gasteiger charge is -2.28. The van der Waals surface area contributed by atoms with E-state index in [9.17, 15) is 9.18 Å². The fraction of sp³-hybridized carbons (Fsp3) is 0.941. The molecule has 0 heterocycles. The van der Waals surface area contributed by atoms with Gasteiger partial charge in [-0.2, -0.15) is 0 Å². The third-order valence-electron chi connectivity index (χ3n) is 3.48. The molecule has 0 aliphatic heterocycles. The molecule has 0 saturated heterocycles. The molecule has 0 aromatic rings. The Hall–Kier alpha value is -0.800. The summed E-state index contributed by atoms with van der Waals surface area (Å²) in [5.41, 5.74) is -0.959. The zero-order valence-corrected chi connectivity index (χ0v) is 16.1. The van der Waals surface area contributed by atoms with Gasteiger partial charge in [-0.05, 0) is 13.8 Å². The number of rotatable bonds is 18. The van der Waals surface area contributed by atoms with Crippen molar-refractivity contribution < 1.29 is 23.4 Å². The second-order valence-electron chi connectivity index (χ2n) is 6.53. The van der Waals surface area contributed by atoms with Crippen LogP contribution in [0.15, 0.2) is 0 Å². The van der Waals surface area contributed by atoms with Gasteiger partial charge in [0.05, 0.1) is 45.2 Å². The van der Waals surface area contributed by atoms with Gasteiger partial charge in [0.15, 0.2) is 0 Å². The average molecular weight is 365 g/mol. The van der Waals surface area contributed by atoms with E-state index in [1.165, 1.54) is 0 Å². The lowest BCUT2D eigenvalue weighted by molar-refractivity contribution is -0.111. The summed E-state index contributed by atoms with van der Waals surface area (Å²) < 4.78 is 30.2. The number of hydrogen-bond donors (Lipinski definition) is 3. The first-order chi connectivity index (χ1) is 11.9. The van der Waals surface area contributed by atoms with Crippen LogP contribution in [0.25, 0.3) is 0 Å². The fourth-order valence-electron chi connectivity index (χ4n) is 1.89. The second kappa shape index (κ2) is 15.5. The Balaban J connectivity index is 3.37. The van der Waals surface area contributed by atoms with Gasteiger partial charge in [0.2, 0.25) is 6.41 Å². The van der Waals surface area contributed by atoms with E-state index < -0.39 is 11.8 Å². The normalized spacial score (nSPS) is 13.2. The van der Waals surface area contributed by atoms with Gasteiger partial charge in [-0.25, -0.2) is 4.39 Å². The Bertz CT molecular complexity index is 320. The Morgan fingerprint density at radius 3 is 2.20 bits per heavy atom. The maximum absolute atomic E-state index is 13.8. The molecule has 0 fully saturated rings. The van der Waals surface area contributed by atoms with E-state index in [2.05, 4.69) is 29.8 Å². The molecule has 25 heavy (non-hydrogen) atoms. The zero-order valence-electron chi connectivity index (χ0n) is 16.1. The van der Waals surface area contributed by atoms with Crippen molar-refractivity contribution in [3.05, 3.63) is 0 Å². The van der Waals surface area contributed by atoms with E-state index in [0.717, 1.165) is 19.6 Å². The molecular formula is C17H36FN3O4. The van der Waals surface area contributed by atoms with Gasteiger partial charge in [0.25, 0.3) is 0 Å². The summed E-state index contributed by atoms with van der Waals surface area (Å²) in [6, 6.07) is 0.484. The number of halogens is 1. The summed E-state index contributed by atoms with van der Waals surface area (Å²) in [4.78, 5) is 10.2. The molecule has 0 aliphatic rings. The molecule has 8 heteroatoms. The van der Waals surface area contributed by atoms with Crippen LogP contribution in [0, 0.1) is 0 Å². The molecule has 0 rings (SSSR count). The molecule has 0 aromatic heterocycles. The van der Waals surface area contributed by atoms with E-state index in [-0.39, 0.29) is 6.54 Å². The molecule has 0 spiro atoms. The van der Waals surface area contributed by atoms with Gasteiger partial charge in [-0.3, -0.25) is 4.79 Å². The Labute approximate surface area is 151 Å². The largest absolute Gasteiger partial charge is 0.379 e. The van der Waals surface area contributed by atoms with Crippen LogP contribution in [0.2, 0.25) is 0 Å². The Kier molecular flexibility index (Phi) is 15.0. The van der Waals surface area contributed by atoms with Crippen LogP contribution in [-0.2, 0) is 19.0 Å². The molecule has 150 valence electrons. The Morgan fingerprint density at radius 1 is 1.00 bits per heavy atom. The molecule has 1 unspecified atom stereocenters. The molecule has 0 aromatic carbocycles. The first-order valence-corrected chi connectivity index (χ1v) is 8.94. The zero-order chi connectivity index (χ0) is 19.0. The summed E-state index contributed by atoms with van der Waals surface area (Å²) in [5, 5.41) is 8.82. The van der Waals surface area contributed by atoms with Gasteiger partial charge in [0.1, 0.15) is 6.17 Å². The van der Waals surface area contributed by atoms with Crippen molar-refractivity contribution in [3.8, 4) is 0 Å². The number of nitrogens with one attached hydrogen (secondary N) is 3. The fourth-order valence-corrected chi connectivity index (χ4v) is 1.89. The van der Waals surface area contributed by atoms with Crippen molar-refractivity contribution in [2.24, 2.45) is 0 Å². The van der Waals surface area contributed by atoms with E-state index in [0.29, 0.717) is 45.5 Å². The van der Waals surface area contributed by atoms with E-state index in [4.69, 9.17) is 14.2 Å². The monoisotopic (exact) mass is 365 g/mol. The van der Waals surface area contributed by atoms with Crippen molar-refractivity contribution in [1.82, 2.24) is 16.0 Å². The average Bonchev–Trinajstić information content (AvgIpc) is 2.56. The summed E-state index contributed by atoms with van der Waals surface area (Å²) in [6.07, 6.45) is -0.790. The minimum absolute atomic E-state index is 0.0586. The molecule has 1 amide bonds. The second-order valence-corrected chi connectivity index (χ2v) is 6.53. The number of carbonyl (C=O) groups is 1. The maximum Gasteiger partial charge on any atom is 0.207 e. The van der Waals surface area contributed by atoms with E-state index in [1.54, 1.807) is 13.8 Å². The highest BCUT2D eigenvalue weighted by Crippen LogP contribution is 2.17. The summed E-state index contributed by atoms with van der Waals surface area (Å²) in [6.45, 7) is 12.5. The molecule has 0 saturated carbocycles. The first kappa shape index (κ1) is 24.2. The van der Waals surface area contributed by atoms with Gasteiger partial charge < -0.3 is 30.2 Å². The van der Waals surface area contributed by atoms with Crippen LogP contribution in [0.1, 0.15) is 27.7 Å². The van der Waals surface area contributed by atoms with Crippen LogP contribution in [-0.4, -0.2) is 83.4 Å². The van der Waals surface area contributed by atoms with Crippen molar-refractivity contribution in [1.29, 1.82) is 0 Å². The smallest absolute Gasteiger partial charge is 0.207 e. The van der Waals surface area contributed by atoms with Crippen molar-refractivity contribution in [2.45, 2.75) is 45.5 Å². The standard InChI is InChI=1S/C17H36FN3O4/c1-15(2)21-7-10-23-8-5-19-6-9-24-11-12-25-17(3,4)16(18)13-20-14-22/h14-16,19,21H,5-13H2,1-4H3,(H,20,22). The van der Waals surface area contributed by atoms with Crippen LogP contribution < -0.4 is 16.0 Å². The summed E-state index contributed by atoms with van der Waals surface area (Å²) >= 11 is 0. The van der Waals surface area contributed by atoms with Crippen LogP contribution in [0.5, 0.6) is 0 Å². The van der Waals surface area contributed by atoms with E-state index >= 15 is 0 Å². The van der Waals surface area contributed by atoms with Crippen LogP contribution >= 0.6 is 0 Å². The number of hydrogen-bond acceptors (Lipinski definition) is 6. The van der Waals surface area contributed by atoms with Gasteiger partial charge >= 0.3 is 0 Å². The maximum atomic E-state index is 13.8. The van der Waals surface area contributed by atoms with Gasteiger partial charge in [-0.1, -0.05) is 13.8 Å². The van der Waals surface area contributed by atoms with Gasteiger partial charge in [0, 0.05) is 25.7 Å². The van der Waals surface area contributed by atoms with Crippen LogP contribution in [0.4, 0.5) is 4.39 Å². The van der Waals surface area contributed by atoms with Crippen LogP contribution in [0.3, 0.4) is 0 Å². The number of carbonyl (C=O) groups excluding carboxylic acids is 1. The number of alkyl halides is 1. The lowest BCUT2D eigenvalue weighted by atomic mass is 10.0. The highest BCUT2D eigenvalue weighted by atomic mass is 19.1. The molecule has 7 nitrogen and oxygen atoms in total. The topological polar surface area (TPSA) is 80.8 Å². The van der Waals surface area contributed by atoms with Crippen molar-refractivity contribution >= 4 is 6.41 Å². The molecule has 0 radical (unpaired) electrons. The third-order valence-corrected chi connectivity index (χ3v) is 3.48. The molecule has 1 atom stereocenters. The Morgan fingerprint density at radius 2 is 1.60 bits per heavy atom. The van der Waals surface area contributed by atoms with Crippen molar-refractivity contribution in [2.75, 3.05) is 59.2 Å². The molecule has 0 bridgehead atoms. The number of amides is 1. The minimum Gasteiger partial charge on any atom is -0.379 e.